The summed E-state index contributed by atoms with van der Waals surface area (Å²) in [7, 11) is 2.18. The fourth-order valence-corrected chi connectivity index (χ4v) is 4.26. The van der Waals surface area contributed by atoms with E-state index in [9.17, 15) is 0 Å². The maximum atomic E-state index is 5.50. The Kier molecular flexibility index (Phi) is 5.61. The number of nitrogens with one attached hydrogen (secondary N) is 1. The number of ether oxygens (including phenoxy) is 1. The molecule has 1 N–H and O–H groups in total. The first-order chi connectivity index (χ1) is 10.8. The van der Waals surface area contributed by atoms with Crippen LogP contribution in [0.15, 0.2) is 4.99 Å². The maximum Gasteiger partial charge on any atom is 0.193 e. The summed E-state index contributed by atoms with van der Waals surface area (Å²) in [6.07, 6.45) is 9.81. The lowest BCUT2D eigenvalue weighted by Crippen LogP contribution is -2.43. The van der Waals surface area contributed by atoms with Crippen LogP contribution in [0.5, 0.6) is 0 Å². The summed E-state index contributed by atoms with van der Waals surface area (Å²) in [5.74, 6) is 3.66. The Hall–Kier alpha value is -0.770. The van der Waals surface area contributed by atoms with E-state index in [4.69, 9.17) is 9.73 Å². The van der Waals surface area contributed by atoms with Crippen molar-refractivity contribution in [2.45, 2.75) is 57.9 Å². The Bertz CT molecular complexity index is 373. The first kappa shape index (κ1) is 16.1. The highest BCUT2D eigenvalue weighted by Crippen LogP contribution is 2.44. The van der Waals surface area contributed by atoms with Crippen LogP contribution in [0.3, 0.4) is 0 Å². The molecule has 2 saturated carbocycles. The van der Waals surface area contributed by atoms with Crippen LogP contribution in [0, 0.1) is 17.8 Å². The fourth-order valence-electron chi connectivity index (χ4n) is 4.26. The molecule has 126 valence electrons. The molecule has 0 bridgehead atoms. The molecule has 0 aromatic carbocycles. The van der Waals surface area contributed by atoms with Crippen LogP contribution in [-0.2, 0) is 4.74 Å². The molecule has 3 unspecified atom stereocenters. The Balaban J connectivity index is 1.48. The summed E-state index contributed by atoms with van der Waals surface area (Å²) in [6.45, 7) is 5.89. The molecule has 4 nitrogen and oxygen atoms in total. The molecule has 1 saturated heterocycles. The highest BCUT2D eigenvalue weighted by molar-refractivity contribution is 5.80. The van der Waals surface area contributed by atoms with Gasteiger partial charge in [-0.3, -0.25) is 4.99 Å². The van der Waals surface area contributed by atoms with E-state index in [0.29, 0.717) is 12.0 Å². The molecule has 2 aliphatic carbocycles. The van der Waals surface area contributed by atoms with E-state index in [0.717, 1.165) is 44.1 Å². The van der Waals surface area contributed by atoms with Gasteiger partial charge in [-0.1, -0.05) is 32.1 Å². The van der Waals surface area contributed by atoms with Gasteiger partial charge in [0.05, 0.1) is 6.61 Å². The number of hydrogen-bond acceptors (Lipinski definition) is 2. The summed E-state index contributed by atoms with van der Waals surface area (Å²) in [5.41, 5.74) is 0. The first-order valence-corrected chi connectivity index (χ1v) is 9.37. The summed E-state index contributed by atoms with van der Waals surface area (Å²) in [5, 5.41) is 3.75. The van der Waals surface area contributed by atoms with Gasteiger partial charge in [0.1, 0.15) is 0 Å². The van der Waals surface area contributed by atoms with Crippen LogP contribution in [0.25, 0.3) is 0 Å². The zero-order valence-corrected chi connectivity index (χ0v) is 14.4. The van der Waals surface area contributed by atoms with Crippen LogP contribution in [0.1, 0.15) is 51.9 Å². The molecule has 22 heavy (non-hydrogen) atoms. The van der Waals surface area contributed by atoms with Gasteiger partial charge < -0.3 is 15.0 Å². The van der Waals surface area contributed by atoms with E-state index >= 15 is 0 Å². The Labute approximate surface area is 135 Å². The third-order valence-electron chi connectivity index (χ3n) is 5.64. The minimum absolute atomic E-state index is 0.669. The minimum Gasteiger partial charge on any atom is -0.381 e. The number of nitrogens with zero attached hydrogens (tertiary/aromatic N) is 2. The molecule has 3 rings (SSSR count). The Morgan fingerprint density at radius 3 is 2.73 bits per heavy atom. The molecule has 0 aromatic rings. The number of aliphatic imine (C=N–C) groups is 1. The molecule has 0 spiro atoms. The van der Waals surface area contributed by atoms with Gasteiger partial charge in [0.15, 0.2) is 5.96 Å². The number of rotatable bonds is 5. The fraction of sp³-hybridized carbons (Fsp3) is 0.944. The van der Waals surface area contributed by atoms with E-state index in [-0.39, 0.29) is 0 Å². The maximum absolute atomic E-state index is 5.50. The van der Waals surface area contributed by atoms with Crippen LogP contribution in [-0.4, -0.2) is 50.3 Å². The largest absolute Gasteiger partial charge is 0.381 e. The van der Waals surface area contributed by atoms with Crippen LogP contribution in [0.4, 0.5) is 0 Å². The Morgan fingerprint density at radius 1 is 1.23 bits per heavy atom. The number of guanidine groups is 1. The Morgan fingerprint density at radius 2 is 2.05 bits per heavy atom. The van der Waals surface area contributed by atoms with E-state index in [1.54, 1.807) is 0 Å². The summed E-state index contributed by atoms with van der Waals surface area (Å²) in [6, 6.07) is 0.677. The zero-order valence-electron chi connectivity index (χ0n) is 14.4. The monoisotopic (exact) mass is 307 g/mol. The average molecular weight is 307 g/mol. The van der Waals surface area contributed by atoms with Crippen molar-refractivity contribution in [3.63, 3.8) is 0 Å². The predicted molar refractivity (Wildman–Crippen MR) is 91.1 cm³/mol. The van der Waals surface area contributed by atoms with Gasteiger partial charge in [-0.2, -0.15) is 0 Å². The van der Waals surface area contributed by atoms with E-state index in [1.165, 1.54) is 44.9 Å². The SMILES string of the molecule is CCN=C(NC1CC1C1CCCCC1)N(C)CC1CCOC1. The van der Waals surface area contributed by atoms with Gasteiger partial charge in [0, 0.05) is 38.7 Å². The normalized spacial score (nSPS) is 33.0. The van der Waals surface area contributed by atoms with E-state index in [1.807, 2.05) is 0 Å². The highest BCUT2D eigenvalue weighted by atomic mass is 16.5. The second kappa shape index (κ2) is 7.67. The van der Waals surface area contributed by atoms with Gasteiger partial charge in [-0.15, -0.1) is 0 Å². The van der Waals surface area contributed by atoms with Crippen molar-refractivity contribution in [2.24, 2.45) is 22.7 Å². The molecule has 4 heteroatoms. The molecule has 3 fully saturated rings. The molecule has 1 aliphatic heterocycles. The van der Waals surface area contributed by atoms with Gasteiger partial charge in [-0.05, 0) is 31.6 Å². The highest BCUT2D eigenvalue weighted by Gasteiger charge is 2.43. The van der Waals surface area contributed by atoms with Crippen molar-refractivity contribution in [1.82, 2.24) is 10.2 Å². The van der Waals surface area contributed by atoms with Crippen molar-refractivity contribution in [2.75, 3.05) is 33.4 Å². The molecule has 0 aromatic heterocycles. The van der Waals surface area contributed by atoms with Gasteiger partial charge in [-0.25, -0.2) is 0 Å². The third-order valence-corrected chi connectivity index (χ3v) is 5.64. The van der Waals surface area contributed by atoms with Crippen LogP contribution in [0.2, 0.25) is 0 Å². The topological polar surface area (TPSA) is 36.9 Å². The number of hydrogen-bond donors (Lipinski definition) is 1. The van der Waals surface area contributed by atoms with Gasteiger partial charge >= 0.3 is 0 Å². The van der Waals surface area contributed by atoms with Gasteiger partial charge in [0.2, 0.25) is 0 Å². The van der Waals surface area contributed by atoms with Gasteiger partial charge in [0.25, 0.3) is 0 Å². The molecule has 3 atom stereocenters. The summed E-state index contributed by atoms with van der Waals surface area (Å²) >= 11 is 0. The molecular weight excluding hydrogens is 274 g/mol. The van der Waals surface area contributed by atoms with Crippen molar-refractivity contribution in [3.05, 3.63) is 0 Å². The summed E-state index contributed by atoms with van der Waals surface area (Å²) < 4.78 is 5.50. The van der Waals surface area contributed by atoms with E-state index < -0.39 is 0 Å². The standard InChI is InChI=1S/C18H33N3O/c1-3-19-18(21(2)12-14-9-10-22-13-14)20-17-11-16(17)15-7-5-4-6-8-15/h14-17H,3-13H2,1-2H3,(H,19,20). The van der Waals surface area contributed by atoms with Crippen molar-refractivity contribution >= 4 is 5.96 Å². The molecule has 0 radical (unpaired) electrons. The van der Waals surface area contributed by atoms with E-state index in [2.05, 4.69) is 24.2 Å². The molecule has 0 amide bonds. The molecule has 3 aliphatic rings. The second-order valence-corrected chi connectivity index (χ2v) is 7.46. The lowest BCUT2D eigenvalue weighted by molar-refractivity contribution is 0.181. The van der Waals surface area contributed by atoms with Crippen molar-refractivity contribution in [3.8, 4) is 0 Å². The minimum atomic E-state index is 0.669. The lowest BCUT2D eigenvalue weighted by Gasteiger charge is -2.26. The zero-order chi connectivity index (χ0) is 15.4. The predicted octanol–water partition coefficient (Wildman–Crippen LogP) is 2.89. The molecule has 1 heterocycles. The third kappa shape index (κ3) is 4.15. The van der Waals surface area contributed by atoms with Crippen molar-refractivity contribution < 1.29 is 4.74 Å². The first-order valence-electron chi connectivity index (χ1n) is 9.37. The van der Waals surface area contributed by atoms with Crippen molar-refractivity contribution in [1.29, 1.82) is 0 Å². The average Bonchev–Trinajstić information content (AvgIpc) is 3.12. The van der Waals surface area contributed by atoms with Crippen LogP contribution >= 0.6 is 0 Å². The lowest BCUT2D eigenvalue weighted by atomic mass is 9.85. The summed E-state index contributed by atoms with van der Waals surface area (Å²) in [4.78, 5) is 7.04. The van der Waals surface area contributed by atoms with Crippen LogP contribution < -0.4 is 5.32 Å². The molecular formula is C18H33N3O. The smallest absolute Gasteiger partial charge is 0.193 e. The quantitative estimate of drug-likeness (QED) is 0.627. The second-order valence-electron chi connectivity index (χ2n) is 7.46.